The summed E-state index contributed by atoms with van der Waals surface area (Å²) in [6.45, 7) is 9.14. The summed E-state index contributed by atoms with van der Waals surface area (Å²) in [6, 6.07) is 18.9. The van der Waals surface area contributed by atoms with Gasteiger partial charge in [-0.15, -0.1) is 0 Å². The fourth-order valence-corrected chi connectivity index (χ4v) is 5.63. The highest BCUT2D eigenvalue weighted by molar-refractivity contribution is 6.01. The van der Waals surface area contributed by atoms with E-state index in [4.69, 9.17) is 9.57 Å². The SMILES string of the molecule is CC1=C(C(=O)NOCc2ccccc2)C(C)C(C(=O)N[C@@H](Cc2ccccc2)[C@H](O)CNC2CC2)=C(C)N1CC(=O)OC(C)C. The van der Waals surface area contributed by atoms with Gasteiger partial charge in [0.15, 0.2) is 0 Å². The van der Waals surface area contributed by atoms with Crippen molar-refractivity contribution < 1.29 is 29.1 Å². The standard InChI is InChI=1S/C35H46N4O6/c1-22(2)45-31(41)20-39-24(4)32(23(3)33(25(39)5)35(43)38-44-21-27-14-10-7-11-15-27)34(42)37-29(18-26-12-8-6-9-13-26)30(40)19-36-28-16-17-28/h6-15,22-23,28-30,36,40H,16-21H2,1-5H3,(H,37,42)(H,38,43)/t23?,29-,30+/m0/s1. The molecule has 2 aromatic carbocycles. The number of carbonyl (C=O) groups excluding carboxylic acids is 3. The summed E-state index contributed by atoms with van der Waals surface area (Å²) in [5.74, 6) is -2.05. The van der Waals surface area contributed by atoms with Crippen molar-refractivity contribution in [2.75, 3.05) is 13.1 Å². The van der Waals surface area contributed by atoms with Gasteiger partial charge in [0, 0.05) is 41.0 Å². The van der Waals surface area contributed by atoms with Crippen LogP contribution in [0.15, 0.2) is 83.2 Å². The summed E-state index contributed by atoms with van der Waals surface area (Å²) < 4.78 is 5.40. The smallest absolute Gasteiger partial charge is 0.326 e. The second kappa shape index (κ2) is 15.8. The number of ether oxygens (including phenoxy) is 1. The molecule has 0 saturated heterocycles. The van der Waals surface area contributed by atoms with Crippen LogP contribution in [-0.2, 0) is 37.0 Å². The maximum atomic E-state index is 14.1. The number of amides is 2. The molecular weight excluding hydrogens is 572 g/mol. The molecule has 3 atom stereocenters. The van der Waals surface area contributed by atoms with Crippen molar-refractivity contribution in [3.05, 3.63) is 94.3 Å². The van der Waals surface area contributed by atoms with Crippen LogP contribution < -0.4 is 16.1 Å². The van der Waals surface area contributed by atoms with E-state index in [1.54, 1.807) is 39.5 Å². The van der Waals surface area contributed by atoms with Gasteiger partial charge in [-0.05, 0) is 58.1 Å². The molecule has 2 amide bonds. The Labute approximate surface area is 265 Å². The number of aliphatic hydroxyl groups excluding tert-OH is 1. The van der Waals surface area contributed by atoms with Crippen molar-refractivity contribution >= 4 is 17.8 Å². The number of nitrogens with one attached hydrogen (secondary N) is 3. The normalized spacial score (nSPS) is 18.1. The van der Waals surface area contributed by atoms with Crippen molar-refractivity contribution in [1.29, 1.82) is 0 Å². The Balaban J connectivity index is 1.59. The number of hydrogen-bond donors (Lipinski definition) is 4. The van der Waals surface area contributed by atoms with Crippen molar-refractivity contribution in [1.82, 2.24) is 21.0 Å². The summed E-state index contributed by atoms with van der Waals surface area (Å²) in [6.07, 6.45) is 1.40. The first-order valence-corrected chi connectivity index (χ1v) is 15.7. The molecule has 0 aromatic heterocycles. The maximum Gasteiger partial charge on any atom is 0.326 e. The fourth-order valence-electron chi connectivity index (χ4n) is 5.63. The van der Waals surface area contributed by atoms with E-state index in [-0.39, 0.29) is 19.3 Å². The number of allylic oxidation sites excluding steroid dienone is 2. The second-order valence-corrected chi connectivity index (χ2v) is 12.1. The second-order valence-electron chi connectivity index (χ2n) is 12.1. The van der Waals surface area contributed by atoms with Gasteiger partial charge < -0.3 is 25.4 Å². The molecule has 242 valence electrons. The molecule has 1 unspecified atom stereocenters. The number of nitrogens with zero attached hydrogens (tertiary/aromatic N) is 1. The van der Waals surface area contributed by atoms with E-state index in [2.05, 4.69) is 16.1 Å². The minimum Gasteiger partial charge on any atom is -0.462 e. The molecule has 4 N–H and O–H groups in total. The highest BCUT2D eigenvalue weighted by atomic mass is 16.6. The average molecular weight is 619 g/mol. The summed E-state index contributed by atoms with van der Waals surface area (Å²) in [5, 5.41) is 17.6. The van der Waals surface area contributed by atoms with Crippen molar-refractivity contribution in [3.63, 3.8) is 0 Å². The first kappa shape index (κ1) is 33.9. The molecule has 2 aliphatic rings. The van der Waals surface area contributed by atoms with E-state index in [9.17, 15) is 19.5 Å². The highest BCUT2D eigenvalue weighted by Crippen LogP contribution is 2.35. The minimum absolute atomic E-state index is 0.161. The van der Waals surface area contributed by atoms with Gasteiger partial charge in [-0.25, -0.2) is 5.48 Å². The van der Waals surface area contributed by atoms with Gasteiger partial charge in [0.05, 0.1) is 24.9 Å². The lowest BCUT2D eigenvalue weighted by molar-refractivity contribution is -0.148. The first-order valence-electron chi connectivity index (χ1n) is 15.7. The number of carbonyl (C=O) groups is 3. The van der Waals surface area contributed by atoms with Gasteiger partial charge in [-0.1, -0.05) is 67.6 Å². The molecule has 0 bridgehead atoms. The fraction of sp³-hybridized carbons (Fsp3) is 0.457. The van der Waals surface area contributed by atoms with E-state index < -0.39 is 35.8 Å². The van der Waals surface area contributed by atoms with Crippen molar-refractivity contribution in [2.24, 2.45) is 5.92 Å². The van der Waals surface area contributed by atoms with Crippen LogP contribution in [0.25, 0.3) is 0 Å². The molecular formula is C35H46N4O6. The zero-order valence-electron chi connectivity index (χ0n) is 26.8. The average Bonchev–Trinajstić information content (AvgIpc) is 3.83. The summed E-state index contributed by atoms with van der Waals surface area (Å²) in [7, 11) is 0. The zero-order valence-corrected chi connectivity index (χ0v) is 26.8. The Hall–Kier alpha value is -3.99. The van der Waals surface area contributed by atoms with E-state index in [0.717, 1.165) is 24.0 Å². The first-order chi connectivity index (χ1) is 21.5. The van der Waals surface area contributed by atoms with Gasteiger partial charge in [0.25, 0.3) is 5.91 Å². The predicted octanol–water partition coefficient (Wildman–Crippen LogP) is 3.53. The largest absolute Gasteiger partial charge is 0.462 e. The Bertz CT molecular complexity index is 1390. The molecule has 4 rings (SSSR count). The maximum absolute atomic E-state index is 14.1. The molecule has 10 nitrogen and oxygen atoms in total. The third-order valence-corrected chi connectivity index (χ3v) is 8.12. The van der Waals surface area contributed by atoms with Gasteiger partial charge in [0.1, 0.15) is 6.54 Å². The van der Waals surface area contributed by atoms with Crippen LogP contribution in [0.5, 0.6) is 0 Å². The summed E-state index contributed by atoms with van der Waals surface area (Å²) in [5.41, 5.74) is 6.06. The van der Waals surface area contributed by atoms with E-state index in [0.29, 0.717) is 41.5 Å². The van der Waals surface area contributed by atoms with Crippen LogP contribution in [0.4, 0.5) is 0 Å². The number of rotatable bonds is 15. The van der Waals surface area contributed by atoms with Crippen molar-refractivity contribution in [3.8, 4) is 0 Å². The minimum atomic E-state index is -0.849. The predicted molar refractivity (Wildman–Crippen MR) is 171 cm³/mol. The van der Waals surface area contributed by atoms with Crippen LogP contribution >= 0.6 is 0 Å². The number of aliphatic hydroxyl groups is 1. The van der Waals surface area contributed by atoms with Crippen LogP contribution in [0, 0.1) is 5.92 Å². The molecule has 1 fully saturated rings. The Kier molecular flexibility index (Phi) is 11.9. The quantitative estimate of drug-likeness (QED) is 0.176. The lowest BCUT2D eigenvalue weighted by Crippen LogP contribution is -2.51. The molecule has 1 aliphatic carbocycles. The Morgan fingerprint density at radius 3 is 2.07 bits per heavy atom. The number of esters is 1. The Morgan fingerprint density at radius 1 is 0.911 bits per heavy atom. The third-order valence-electron chi connectivity index (χ3n) is 8.12. The van der Waals surface area contributed by atoms with Gasteiger partial charge >= 0.3 is 5.97 Å². The van der Waals surface area contributed by atoms with Crippen molar-refractivity contribution in [2.45, 2.75) is 84.8 Å². The van der Waals surface area contributed by atoms with Crippen LogP contribution in [0.2, 0.25) is 0 Å². The van der Waals surface area contributed by atoms with E-state index in [1.165, 1.54) is 0 Å². The van der Waals surface area contributed by atoms with E-state index >= 15 is 0 Å². The van der Waals surface area contributed by atoms with Crippen LogP contribution in [-0.4, -0.2) is 65.2 Å². The molecule has 10 heteroatoms. The molecule has 2 aromatic rings. The lowest BCUT2D eigenvalue weighted by Gasteiger charge is -2.37. The lowest BCUT2D eigenvalue weighted by atomic mass is 9.84. The number of hydrogen-bond acceptors (Lipinski definition) is 8. The highest BCUT2D eigenvalue weighted by Gasteiger charge is 2.38. The third kappa shape index (κ3) is 9.50. The number of benzene rings is 2. The Morgan fingerprint density at radius 2 is 1.49 bits per heavy atom. The molecule has 1 heterocycles. The van der Waals surface area contributed by atoms with Crippen LogP contribution in [0.3, 0.4) is 0 Å². The zero-order chi connectivity index (χ0) is 32.5. The topological polar surface area (TPSA) is 129 Å². The summed E-state index contributed by atoms with van der Waals surface area (Å²) >= 11 is 0. The van der Waals surface area contributed by atoms with E-state index in [1.807, 2.05) is 60.7 Å². The molecule has 1 aliphatic heterocycles. The molecule has 1 saturated carbocycles. The molecule has 0 spiro atoms. The van der Waals surface area contributed by atoms with Crippen LogP contribution in [0.1, 0.15) is 58.6 Å². The number of hydroxylamine groups is 1. The van der Waals surface area contributed by atoms with Gasteiger partial charge in [-0.3, -0.25) is 19.2 Å². The monoisotopic (exact) mass is 618 g/mol. The van der Waals surface area contributed by atoms with Gasteiger partial charge in [0.2, 0.25) is 5.91 Å². The molecule has 0 radical (unpaired) electrons. The summed E-state index contributed by atoms with van der Waals surface area (Å²) in [4.78, 5) is 47.7. The molecule has 45 heavy (non-hydrogen) atoms. The van der Waals surface area contributed by atoms with Gasteiger partial charge in [-0.2, -0.15) is 0 Å².